The topological polar surface area (TPSA) is 47.6 Å². The van der Waals surface area contributed by atoms with Gasteiger partial charge in [0, 0.05) is 22.9 Å². The molecule has 0 unspecified atom stereocenters. The molecule has 1 amide bonds. The minimum atomic E-state index is -0.349. The van der Waals surface area contributed by atoms with E-state index < -0.39 is 0 Å². The zero-order valence-corrected chi connectivity index (χ0v) is 22.4. The van der Waals surface area contributed by atoms with Crippen molar-refractivity contribution in [3.05, 3.63) is 101 Å². The van der Waals surface area contributed by atoms with Crippen molar-refractivity contribution in [3.8, 4) is 5.75 Å². The van der Waals surface area contributed by atoms with Gasteiger partial charge in [-0.2, -0.15) is 0 Å². The monoisotopic (exact) mass is 517 g/mol. The molecular weight excluding hydrogens is 482 g/mol. The largest absolute Gasteiger partial charge is 0.489 e. The molecule has 1 aliphatic carbocycles. The Kier molecular flexibility index (Phi) is 7.87. The summed E-state index contributed by atoms with van der Waals surface area (Å²) in [5, 5.41) is 4.13. The van der Waals surface area contributed by atoms with E-state index in [1.165, 1.54) is 6.42 Å². The summed E-state index contributed by atoms with van der Waals surface area (Å²) in [6.45, 7) is 5.04. The van der Waals surface area contributed by atoms with Crippen LogP contribution in [0.2, 0.25) is 5.02 Å². The Morgan fingerprint density at radius 1 is 1.03 bits per heavy atom. The SMILES string of the molecule is C[C@H]1CC[C@H]2[C@H](C1)O[C@H](c1cccc(OCc3ccccc3)c1)C[C@]2(C)NC(=O)Cc1ccc(Cl)cc1. The number of carbonyl (C=O) groups excluding carboxylic acids is 1. The van der Waals surface area contributed by atoms with Crippen LogP contribution in [0.4, 0.5) is 0 Å². The zero-order valence-electron chi connectivity index (χ0n) is 21.7. The van der Waals surface area contributed by atoms with Gasteiger partial charge in [-0.3, -0.25) is 4.79 Å². The van der Waals surface area contributed by atoms with Crippen LogP contribution in [0.3, 0.4) is 0 Å². The van der Waals surface area contributed by atoms with Crippen LogP contribution in [0.1, 0.15) is 62.3 Å². The van der Waals surface area contributed by atoms with Crippen LogP contribution in [0.25, 0.3) is 0 Å². The highest BCUT2D eigenvalue weighted by atomic mass is 35.5. The van der Waals surface area contributed by atoms with Crippen LogP contribution in [0, 0.1) is 11.8 Å². The van der Waals surface area contributed by atoms with Crippen LogP contribution >= 0.6 is 11.6 Å². The Hall–Kier alpha value is -2.82. The number of amides is 1. The molecule has 37 heavy (non-hydrogen) atoms. The standard InChI is InChI=1S/C32H36ClNO3/c1-22-11-16-28-29(17-22)37-30(20-32(28,2)34-31(35)18-23-12-14-26(33)15-13-23)25-9-6-10-27(19-25)36-21-24-7-4-3-5-8-24/h3-10,12-15,19,22,28-30H,11,16-18,20-21H2,1-2H3,(H,34,35)/t22-,28-,29-,30-,32-/m0/s1. The van der Waals surface area contributed by atoms with E-state index in [1.807, 2.05) is 54.6 Å². The van der Waals surface area contributed by atoms with Gasteiger partial charge in [0.15, 0.2) is 0 Å². The molecule has 4 nitrogen and oxygen atoms in total. The van der Waals surface area contributed by atoms with Crippen molar-refractivity contribution >= 4 is 17.5 Å². The summed E-state index contributed by atoms with van der Waals surface area (Å²) in [4.78, 5) is 13.2. The lowest BCUT2D eigenvalue weighted by Gasteiger charge is -2.52. The maximum atomic E-state index is 13.2. The first kappa shape index (κ1) is 25.8. The van der Waals surface area contributed by atoms with E-state index in [9.17, 15) is 4.79 Å². The van der Waals surface area contributed by atoms with Crippen LogP contribution in [0.15, 0.2) is 78.9 Å². The summed E-state index contributed by atoms with van der Waals surface area (Å²) in [6, 6.07) is 25.9. The van der Waals surface area contributed by atoms with E-state index in [-0.39, 0.29) is 23.7 Å². The first-order valence-electron chi connectivity index (χ1n) is 13.4. The van der Waals surface area contributed by atoms with Crippen molar-refractivity contribution in [2.24, 2.45) is 11.8 Å². The number of hydrogen-bond acceptors (Lipinski definition) is 3. The fourth-order valence-corrected chi connectivity index (χ4v) is 6.17. The molecule has 0 radical (unpaired) electrons. The summed E-state index contributed by atoms with van der Waals surface area (Å²) < 4.78 is 12.9. The Morgan fingerprint density at radius 2 is 1.81 bits per heavy atom. The predicted molar refractivity (Wildman–Crippen MR) is 148 cm³/mol. The average molecular weight is 518 g/mol. The normalized spacial score (nSPS) is 27.2. The number of halogens is 1. The third kappa shape index (κ3) is 6.37. The van der Waals surface area contributed by atoms with Gasteiger partial charge in [-0.15, -0.1) is 0 Å². The maximum Gasteiger partial charge on any atom is 0.224 e. The van der Waals surface area contributed by atoms with Crippen molar-refractivity contribution in [1.82, 2.24) is 5.32 Å². The van der Waals surface area contributed by atoms with E-state index in [2.05, 4.69) is 43.4 Å². The molecule has 5 heteroatoms. The molecule has 2 aliphatic rings. The molecule has 1 heterocycles. The molecule has 0 bridgehead atoms. The lowest BCUT2D eigenvalue weighted by molar-refractivity contribution is -0.153. The number of carbonyl (C=O) groups is 1. The molecule has 5 atom stereocenters. The van der Waals surface area contributed by atoms with Gasteiger partial charge in [-0.05, 0) is 66.6 Å². The van der Waals surface area contributed by atoms with E-state index >= 15 is 0 Å². The van der Waals surface area contributed by atoms with Gasteiger partial charge in [-0.25, -0.2) is 0 Å². The fraction of sp³-hybridized carbons (Fsp3) is 0.406. The Bertz CT molecular complexity index is 1200. The highest BCUT2D eigenvalue weighted by Crippen LogP contribution is 2.48. The third-order valence-electron chi connectivity index (χ3n) is 8.00. The third-order valence-corrected chi connectivity index (χ3v) is 8.25. The van der Waals surface area contributed by atoms with Gasteiger partial charge >= 0.3 is 0 Å². The second-order valence-corrected chi connectivity index (χ2v) is 11.4. The van der Waals surface area contributed by atoms with Gasteiger partial charge in [0.25, 0.3) is 0 Å². The van der Waals surface area contributed by atoms with E-state index in [4.69, 9.17) is 21.1 Å². The first-order chi connectivity index (χ1) is 17.9. The van der Waals surface area contributed by atoms with Crippen LogP contribution in [-0.2, 0) is 22.6 Å². The number of benzene rings is 3. The van der Waals surface area contributed by atoms with E-state index in [0.29, 0.717) is 29.9 Å². The van der Waals surface area contributed by atoms with Crippen molar-refractivity contribution in [1.29, 1.82) is 0 Å². The number of nitrogens with one attached hydrogen (secondary N) is 1. The van der Waals surface area contributed by atoms with E-state index in [1.54, 1.807) is 0 Å². The minimum Gasteiger partial charge on any atom is -0.489 e. The van der Waals surface area contributed by atoms with Crippen LogP contribution in [0.5, 0.6) is 5.75 Å². The number of hydrogen-bond donors (Lipinski definition) is 1. The molecule has 1 N–H and O–H groups in total. The summed E-state index contributed by atoms with van der Waals surface area (Å²) in [6.07, 6.45) is 4.35. The second-order valence-electron chi connectivity index (χ2n) is 11.0. The lowest BCUT2D eigenvalue weighted by atomic mass is 9.66. The quantitative estimate of drug-likeness (QED) is 0.357. The number of ether oxygens (including phenoxy) is 2. The van der Waals surface area contributed by atoms with Crippen LogP contribution in [-0.4, -0.2) is 17.6 Å². The first-order valence-corrected chi connectivity index (χ1v) is 13.7. The summed E-state index contributed by atoms with van der Waals surface area (Å²) >= 11 is 6.03. The molecule has 1 saturated carbocycles. The summed E-state index contributed by atoms with van der Waals surface area (Å²) in [5.41, 5.74) is 2.85. The van der Waals surface area contributed by atoms with Gasteiger partial charge < -0.3 is 14.8 Å². The van der Waals surface area contributed by atoms with E-state index in [0.717, 1.165) is 41.7 Å². The lowest BCUT2D eigenvalue weighted by Crippen LogP contribution is -2.60. The van der Waals surface area contributed by atoms with Crippen molar-refractivity contribution in [2.45, 2.75) is 70.3 Å². The van der Waals surface area contributed by atoms with Gasteiger partial charge in [0.05, 0.1) is 18.6 Å². The molecule has 194 valence electrons. The van der Waals surface area contributed by atoms with Gasteiger partial charge in [-0.1, -0.05) is 79.5 Å². The highest BCUT2D eigenvalue weighted by Gasteiger charge is 2.49. The zero-order chi connectivity index (χ0) is 25.8. The van der Waals surface area contributed by atoms with Crippen LogP contribution < -0.4 is 10.1 Å². The van der Waals surface area contributed by atoms with Gasteiger partial charge in [0.1, 0.15) is 12.4 Å². The Labute approximate surface area is 225 Å². The van der Waals surface area contributed by atoms with Crippen molar-refractivity contribution in [2.75, 3.05) is 0 Å². The fourth-order valence-electron chi connectivity index (χ4n) is 6.04. The maximum absolute atomic E-state index is 13.2. The summed E-state index contributed by atoms with van der Waals surface area (Å²) in [5.74, 6) is 1.79. The molecule has 1 saturated heterocycles. The molecule has 1 aliphatic heterocycles. The smallest absolute Gasteiger partial charge is 0.224 e. The Balaban J connectivity index is 1.33. The molecule has 3 aromatic carbocycles. The van der Waals surface area contributed by atoms with Crippen molar-refractivity contribution < 1.29 is 14.3 Å². The second kappa shape index (κ2) is 11.3. The molecular formula is C32H36ClNO3. The Morgan fingerprint density at radius 3 is 2.59 bits per heavy atom. The predicted octanol–water partition coefficient (Wildman–Crippen LogP) is 7.30. The number of rotatable bonds is 7. The summed E-state index contributed by atoms with van der Waals surface area (Å²) in [7, 11) is 0. The minimum absolute atomic E-state index is 0.0442. The molecule has 0 spiro atoms. The highest BCUT2D eigenvalue weighted by molar-refractivity contribution is 6.30. The molecule has 0 aromatic heterocycles. The number of fused-ring (bicyclic) bond motifs is 1. The molecule has 2 fully saturated rings. The molecule has 3 aromatic rings. The van der Waals surface area contributed by atoms with Gasteiger partial charge in [0.2, 0.25) is 5.91 Å². The molecule has 5 rings (SSSR count). The van der Waals surface area contributed by atoms with Crippen molar-refractivity contribution in [3.63, 3.8) is 0 Å². The average Bonchev–Trinajstić information content (AvgIpc) is 2.89.